The van der Waals surface area contributed by atoms with Gasteiger partial charge < -0.3 is 15.4 Å². The van der Waals surface area contributed by atoms with Gasteiger partial charge in [-0.25, -0.2) is 4.98 Å². The summed E-state index contributed by atoms with van der Waals surface area (Å²) in [5.41, 5.74) is 1.12. The van der Waals surface area contributed by atoms with E-state index < -0.39 is 0 Å². The van der Waals surface area contributed by atoms with E-state index in [2.05, 4.69) is 20.6 Å². The predicted molar refractivity (Wildman–Crippen MR) is 99.3 cm³/mol. The Morgan fingerprint density at radius 3 is 2.50 bits per heavy atom. The fourth-order valence-corrected chi connectivity index (χ4v) is 2.21. The molecule has 1 aromatic carbocycles. The summed E-state index contributed by atoms with van der Waals surface area (Å²) < 4.78 is 5.62. The molecule has 2 N–H and O–H groups in total. The summed E-state index contributed by atoms with van der Waals surface area (Å²) in [5.74, 6) is 1.52. The Labute approximate surface area is 152 Å². The Kier molecular flexibility index (Phi) is 7.65. The van der Waals surface area contributed by atoms with Gasteiger partial charge in [0.15, 0.2) is 5.96 Å². The molecule has 2 rings (SSSR count). The molecule has 0 aliphatic heterocycles. The van der Waals surface area contributed by atoms with Gasteiger partial charge in [-0.3, -0.25) is 4.99 Å². The smallest absolute Gasteiger partial charge is 0.191 e. The van der Waals surface area contributed by atoms with Crippen molar-refractivity contribution in [3.63, 3.8) is 0 Å². The van der Waals surface area contributed by atoms with E-state index in [1.165, 1.54) is 0 Å². The molecule has 0 atom stereocenters. The van der Waals surface area contributed by atoms with E-state index in [1.807, 2.05) is 18.2 Å². The summed E-state index contributed by atoms with van der Waals surface area (Å²) in [6.07, 6.45) is 2.62. The highest BCUT2D eigenvalue weighted by molar-refractivity contribution is 6.30. The lowest BCUT2D eigenvalue weighted by Crippen LogP contribution is -2.40. The highest BCUT2D eigenvalue weighted by Crippen LogP contribution is 2.15. The van der Waals surface area contributed by atoms with Crippen LogP contribution in [0.1, 0.15) is 5.56 Å². The molecule has 0 saturated heterocycles. The van der Waals surface area contributed by atoms with Gasteiger partial charge in [-0.15, -0.1) is 0 Å². The van der Waals surface area contributed by atoms with Crippen molar-refractivity contribution in [2.75, 3.05) is 26.7 Å². The van der Waals surface area contributed by atoms with Gasteiger partial charge in [0.05, 0.1) is 6.54 Å². The number of rotatable bonds is 7. The van der Waals surface area contributed by atoms with E-state index in [-0.39, 0.29) is 0 Å². The molecule has 5 nitrogen and oxygen atoms in total. The fraction of sp³-hybridized carbons (Fsp3) is 0.294. The molecule has 1 heterocycles. The van der Waals surface area contributed by atoms with Crippen LogP contribution in [0.5, 0.6) is 5.75 Å². The molecule has 2 aromatic rings. The third kappa shape index (κ3) is 6.64. The van der Waals surface area contributed by atoms with Gasteiger partial charge in [-0.2, -0.15) is 0 Å². The molecule has 128 valence electrons. The number of aromatic nitrogens is 1. The zero-order chi connectivity index (χ0) is 17.2. The van der Waals surface area contributed by atoms with Crippen LogP contribution >= 0.6 is 23.2 Å². The van der Waals surface area contributed by atoms with E-state index >= 15 is 0 Å². The number of hydrogen-bond acceptors (Lipinski definition) is 3. The standard InChI is InChI=1S/C17H20Cl2N4O/c1-20-17(21-9-8-13-2-7-16(19)23-12-13)22-10-11-24-15-5-3-14(18)4-6-15/h2-7,12H,8-11H2,1H3,(H2,20,21,22). The van der Waals surface area contributed by atoms with E-state index in [0.717, 1.165) is 30.2 Å². The summed E-state index contributed by atoms with van der Waals surface area (Å²) in [5, 5.41) is 7.64. The first-order valence-electron chi connectivity index (χ1n) is 7.60. The molecule has 0 aliphatic rings. The average Bonchev–Trinajstić information content (AvgIpc) is 2.60. The van der Waals surface area contributed by atoms with E-state index in [0.29, 0.717) is 23.3 Å². The largest absolute Gasteiger partial charge is 0.492 e. The van der Waals surface area contributed by atoms with Gasteiger partial charge in [0.25, 0.3) is 0 Å². The topological polar surface area (TPSA) is 58.5 Å². The van der Waals surface area contributed by atoms with Crippen molar-refractivity contribution in [2.24, 2.45) is 4.99 Å². The van der Waals surface area contributed by atoms with Crippen LogP contribution in [0.3, 0.4) is 0 Å². The number of ether oxygens (including phenoxy) is 1. The summed E-state index contributed by atoms with van der Waals surface area (Å²) in [4.78, 5) is 8.23. The molecule has 1 aromatic heterocycles. The molecule has 0 radical (unpaired) electrons. The third-order valence-electron chi connectivity index (χ3n) is 3.20. The SMILES string of the molecule is CN=C(NCCOc1ccc(Cl)cc1)NCCc1ccc(Cl)nc1. The molecule has 0 fully saturated rings. The van der Waals surface area contributed by atoms with Crippen LogP contribution in [-0.4, -0.2) is 37.7 Å². The molecule has 7 heteroatoms. The van der Waals surface area contributed by atoms with Crippen molar-refractivity contribution in [3.05, 3.63) is 58.3 Å². The quantitative estimate of drug-likeness (QED) is 0.342. The van der Waals surface area contributed by atoms with Gasteiger partial charge in [0, 0.05) is 24.8 Å². The van der Waals surface area contributed by atoms with E-state index in [9.17, 15) is 0 Å². The Morgan fingerprint density at radius 1 is 1.08 bits per heavy atom. The van der Waals surface area contributed by atoms with Crippen molar-refractivity contribution < 1.29 is 4.74 Å². The predicted octanol–water partition coefficient (Wildman–Crippen LogP) is 3.17. The van der Waals surface area contributed by atoms with E-state index in [4.69, 9.17) is 27.9 Å². The minimum atomic E-state index is 0.505. The molecular formula is C17H20Cl2N4O. The zero-order valence-electron chi connectivity index (χ0n) is 13.4. The van der Waals surface area contributed by atoms with Gasteiger partial charge >= 0.3 is 0 Å². The number of halogens is 2. The Bertz CT molecular complexity index is 645. The fourth-order valence-electron chi connectivity index (χ4n) is 1.97. The number of nitrogens with zero attached hydrogens (tertiary/aromatic N) is 2. The highest BCUT2D eigenvalue weighted by Gasteiger charge is 1.99. The molecule has 0 spiro atoms. The van der Waals surface area contributed by atoms with Crippen LogP contribution in [0.2, 0.25) is 10.2 Å². The first-order valence-corrected chi connectivity index (χ1v) is 8.36. The van der Waals surface area contributed by atoms with Crippen molar-refractivity contribution in [2.45, 2.75) is 6.42 Å². The third-order valence-corrected chi connectivity index (χ3v) is 3.67. The molecule has 0 aliphatic carbocycles. The molecule has 0 amide bonds. The Morgan fingerprint density at radius 2 is 1.83 bits per heavy atom. The lowest BCUT2D eigenvalue weighted by molar-refractivity contribution is 0.322. The van der Waals surface area contributed by atoms with Crippen molar-refractivity contribution in [3.8, 4) is 5.75 Å². The molecule has 0 bridgehead atoms. The second-order valence-corrected chi connectivity index (χ2v) is 5.79. The van der Waals surface area contributed by atoms with Crippen molar-refractivity contribution in [1.29, 1.82) is 0 Å². The minimum absolute atomic E-state index is 0.505. The van der Waals surface area contributed by atoms with Crippen molar-refractivity contribution >= 4 is 29.2 Å². The number of nitrogens with one attached hydrogen (secondary N) is 2. The van der Waals surface area contributed by atoms with Crippen LogP contribution in [-0.2, 0) is 6.42 Å². The van der Waals surface area contributed by atoms with Crippen LogP contribution in [0, 0.1) is 0 Å². The monoisotopic (exact) mass is 366 g/mol. The van der Waals surface area contributed by atoms with E-state index in [1.54, 1.807) is 31.4 Å². The summed E-state index contributed by atoms with van der Waals surface area (Å²) in [6.45, 7) is 1.93. The van der Waals surface area contributed by atoms with Crippen molar-refractivity contribution in [1.82, 2.24) is 15.6 Å². The normalized spacial score (nSPS) is 11.2. The number of hydrogen-bond donors (Lipinski definition) is 2. The summed E-state index contributed by atoms with van der Waals surface area (Å²) in [6, 6.07) is 11.0. The lowest BCUT2D eigenvalue weighted by Gasteiger charge is -2.12. The summed E-state index contributed by atoms with van der Waals surface area (Å²) in [7, 11) is 1.74. The average molecular weight is 367 g/mol. The maximum atomic E-state index is 5.83. The zero-order valence-corrected chi connectivity index (χ0v) is 14.9. The van der Waals surface area contributed by atoms with Gasteiger partial charge in [-0.05, 0) is 42.3 Å². The van der Waals surface area contributed by atoms with Crippen LogP contribution < -0.4 is 15.4 Å². The van der Waals surface area contributed by atoms with Crippen LogP contribution in [0.15, 0.2) is 47.6 Å². The van der Waals surface area contributed by atoms with Gasteiger partial charge in [0.2, 0.25) is 0 Å². The van der Waals surface area contributed by atoms with Crippen LogP contribution in [0.25, 0.3) is 0 Å². The van der Waals surface area contributed by atoms with Crippen LogP contribution in [0.4, 0.5) is 0 Å². The number of guanidine groups is 1. The first kappa shape index (κ1) is 18.4. The number of aliphatic imine (C=N–C) groups is 1. The summed E-state index contributed by atoms with van der Waals surface area (Å²) >= 11 is 11.6. The Balaban J connectivity index is 1.63. The number of benzene rings is 1. The molecule has 0 unspecified atom stereocenters. The number of pyridine rings is 1. The maximum Gasteiger partial charge on any atom is 0.191 e. The highest BCUT2D eigenvalue weighted by atomic mass is 35.5. The van der Waals surface area contributed by atoms with Gasteiger partial charge in [0.1, 0.15) is 17.5 Å². The van der Waals surface area contributed by atoms with Gasteiger partial charge in [-0.1, -0.05) is 29.3 Å². The second-order valence-electron chi connectivity index (χ2n) is 4.97. The lowest BCUT2D eigenvalue weighted by atomic mass is 10.2. The first-order chi connectivity index (χ1) is 11.7. The maximum absolute atomic E-state index is 5.83. The Hall–Kier alpha value is -1.98. The molecule has 0 saturated carbocycles. The molecule has 24 heavy (non-hydrogen) atoms. The molecular weight excluding hydrogens is 347 g/mol. The second kappa shape index (κ2) is 10.0. The minimum Gasteiger partial charge on any atom is -0.492 e.